The summed E-state index contributed by atoms with van der Waals surface area (Å²) in [5.74, 6) is 0.283. The van der Waals surface area contributed by atoms with E-state index in [1.807, 2.05) is 31.2 Å². The third kappa shape index (κ3) is 4.86. The number of benzene rings is 2. The first kappa shape index (κ1) is 18.9. The third-order valence-corrected chi connectivity index (χ3v) is 5.55. The summed E-state index contributed by atoms with van der Waals surface area (Å²) in [4.78, 5) is 12.5. The molecule has 0 spiro atoms. The van der Waals surface area contributed by atoms with Gasteiger partial charge in [0.15, 0.2) is 0 Å². The van der Waals surface area contributed by atoms with E-state index in [2.05, 4.69) is 32.0 Å². The van der Waals surface area contributed by atoms with Gasteiger partial charge in [-0.15, -0.1) is 0 Å². The van der Waals surface area contributed by atoms with Gasteiger partial charge in [0.1, 0.15) is 0 Å². The second kappa shape index (κ2) is 7.40. The van der Waals surface area contributed by atoms with Gasteiger partial charge in [-0.3, -0.25) is 9.52 Å². The highest BCUT2D eigenvalue weighted by atomic mass is 79.9. The fourth-order valence-corrected chi connectivity index (χ4v) is 4.05. The van der Waals surface area contributed by atoms with Crippen LogP contribution in [0, 0.1) is 5.92 Å². The standard InChI is InChI=1S/C19H21BrN2O3S/c1-12(13-5-4-8-16(10-13)22-26(2,24)25)21-19(23)18-11-17(18)14-6-3-7-15(20)9-14/h3-10,12,17-18,22H,11H2,1-2H3,(H,21,23). The quantitative estimate of drug-likeness (QED) is 0.722. The predicted molar refractivity (Wildman–Crippen MR) is 106 cm³/mol. The van der Waals surface area contributed by atoms with Crippen molar-refractivity contribution in [3.8, 4) is 0 Å². The van der Waals surface area contributed by atoms with Gasteiger partial charge in [-0.25, -0.2) is 8.42 Å². The van der Waals surface area contributed by atoms with Crippen molar-refractivity contribution >= 4 is 37.5 Å². The molecule has 0 bridgehead atoms. The summed E-state index contributed by atoms with van der Waals surface area (Å²) >= 11 is 3.46. The molecule has 2 aromatic carbocycles. The summed E-state index contributed by atoms with van der Waals surface area (Å²) in [5, 5.41) is 3.03. The summed E-state index contributed by atoms with van der Waals surface area (Å²) in [7, 11) is -3.33. The van der Waals surface area contributed by atoms with E-state index >= 15 is 0 Å². The first-order chi connectivity index (χ1) is 12.2. The second-order valence-electron chi connectivity index (χ2n) is 6.73. The lowest BCUT2D eigenvalue weighted by Crippen LogP contribution is -2.28. The van der Waals surface area contributed by atoms with Crippen LogP contribution in [0.25, 0.3) is 0 Å². The van der Waals surface area contributed by atoms with Crippen LogP contribution in [0.4, 0.5) is 5.69 Å². The van der Waals surface area contributed by atoms with Crippen LogP contribution in [0.1, 0.15) is 36.4 Å². The number of carbonyl (C=O) groups is 1. The molecule has 5 nitrogen and oxygen atoms in total. The van der Waals surface area contributed by atoms with E-state index in [1.54, 1.807) is 18.2 Å². The molecule has 0 saturated heterocycles. The Balaban J connectivity index is 1.63. The van der Waals surface area contributed by atoms with Crippen LogP contribution in [-0.4, -0.2) is 20.6 Å². The molecule has 0 radical (unpaired) electrons. The number of sulfonamides is 1. The normalized spacial score (nSPS) is 20.3. The minimum Gasteiger partial charge on any atom is -0.349 e. The van der Waals surface area contributed by atoms with Crippen LogP contribution >= 0.6 is 15.9 Å². The van der Waals surface area contributed by atoms with E-state index in [1.165, 1.54) is 5.56 Å². The molecule has 2 N–H and O–H groups in total. The van der Waals surface area contributed by atoms with Crippen LogP contribution in [0.5, 0.6) is 0 Å². The van der Waals surface area contributed by atoms with Gasteiger partial charge < -0.3 is 5.32 Å². The molecule has 2 aromatic rings. The highest BCUT2D eigenvalue weighted by Crippen LogP contribution is 2.48. The Morgan fingerprint density at radius 3 is 2.62 bits per heavy atom. The highest BCUT2D eigenvalue weighted by molar-refractivity contribution is 9.10. The lowest BCUT2D eigenvalue weighted by atomic mass is 10.1. The van der Waals surface area contributed by atoms with Crippen LogP contribution in [-0.2, 0) is 14.8 Å². The zero-order valence-electron chi connectivity index (χ0n) is 14.6. The number of hydrogen-bond donors (Lipinski definition) is 2. The fourth-order valence-electron chi connectivity index (χ4n) is 3.08. The number of nitrogens with one attached hydrogen (secondary N) is 2. The summed E-state index contributed by atoms with van der Waals surface area (Å²) in [5.41, 5.74) is 2.52. The molecule has 1 aliphatic rings. The molecule has 0 aliphatic heterocycles. The van der Waals surface area contributed by atoms with Crippen molar-refractivity contribution in [2.45, 2.75) is 25.3 Å². The molecule has 1 amide bonds. The van der Waals surface area contributed by atoms with Crippen LogP contribution in [0.15, 0.2) is 53.0 Å². The summed E-state index contributed by atoms with van der Waals surface area (Å²) in [6.45, 7) is 1.90. The van der Waals surface area contributed by atoms with Gasteiger partial charge >= 0.3 is 0 Å². The first-order valence-electron chi connectivity index (χ1n) is 8.36. The Bertz CT molecular complexity index is 930. The van der Waals surface area contributed by atoms with E-state index in [-0.39, 0.29) is 23.8 Å². The topological polar surface area (TPSA) is 75.3 Å². The predicted octanol–water partition coefficient (Wildman–Crippen LogP) is 3.80. The molecule has 138 valence electrons. The maximum Gasteiger partial charge on any atom is 0.229 e. The van der Waals surface area contributed by atoms with Gasteiger partial charge in [0.2, 0.25) is 15.9 Å². The number of rotatable bonds is 6. The maximum absolute atomic E-state index is 12.5. The van der Waals surface area contributed by atoms with E-state index < -0.39 is 10.0 Å². The Morgan fingerprint density at radius 1 is 1.19 bits per heavy atom. The molecule has 1 fully saturated rings. The zero-order valence-corrected chi connectivity index (χ0v) is 17.0. The van der Waals surface area contributed by atoms with Crippen molar-refractivity contribution in [1.82, 2.24) is 5.32 Å². The van der Waals surface area contributed by atoms with Gasteiger partial charge in [0, 0.05) is 16.1 Å². The Hall–Kier alpha value is -1.86. The van der Waals surface area contributed by atoms with Gasteiger partial charge in [-0.05, 0) is 54.7 Å². The number of anilines is 1. The van der Waals surface area contributed by atoms with E-state index in [0.29, 0.717) is 5.69 Å². The number of hydrogen-bond acceptors (Lipinski definition) is 3. The van der Waals surface area contributed by atoms with Gasteiger partial charge in [-0.1, -0.05) is 40.2 Å². The number of amides is 1. The second-order valence-corrected chi connectivity index (χ2v) is 9.40. The van der Waals surface area contributed by atoms with Crippen molar-refractivity contribution in [2.24, 2.45) is 5.92 Å². The number of halogens is 1. The molecule has 0 heterocycles. The summed E-state index contributed by atoms with van der Waals surface area (Å²) in [6, 6.07) is 14.9. The number of carbonyl (C=O) groups excluding carboxylic acids is 1. The Morgan fingerprint density at radius 2 is 1.92 bits per heavy atom. The molecular weight excluding hydrogens is 416 g/mol. The monoisotopic (exact) mass is 436 g/mol. The molecule has 7 heteroatoms. The lowest BCUT2D eigenvalue weighted by molar-refractivity contribution is -0.123. The maximum atomic E-state index is 12.5. The van der Waals surface area contributed by atoms with Crippen molar-refractivity contribution < 1.29 is 13.2 Å². The molecule has 0 aromatic heterocycles. The molecule has 3 atom stereocenters. The minimum absolute atomic E-state index is 0.0101. The third-order valence-electron chi connectivity index (χ3n) is 4.45. The average molecular weight is 437 g/mol. The first-order valence-corrected chi connectivity index (χ1v) is 11.0. The van der Waals surface area contributed by atoms with Crippen molar-refractivity contribution in [2.75, 3.05) is 11.0 Å². The van der Waals surface area contributed by atoms with Crippen molar-refractivity contribution in [3.63, 3.8) is 0 Å². The molecular formula is C19H21BrN2O3S. The zero-order chi connectivity index (χ0) is 18.9. The Kier molecular flexibility index (Phi) is 5.39. The van der Waals surface area contributed by atoms with E-state index in [9.17, 15) is 13.2 Å². The summed E-state index contributed by atoms with van der Waals surface area (Å²) in [6.07, 6.45) is 1.96. The average Bonchev–Trinajstić information content (AvgIpc) is 3.34. The molecule has 3 unspecified atom stereocenters. The fraction of sp³-hybridized carbons (Fsp3) is 0.316. The lowest BCUT2D eigenvalue weighted by Gasteiger charge is -2.16. The molecule has 1 saturated carbocycles. The van der Waals surface area contributed by atoms with E-state index in [0.717, 1.165) is 22.7 Å². The largest absolute Gasteiger partial charge is 0.349 e. The molecule has 1 aliphatic carbocycles. The summed E-state index contributed by atoms with van der Waals surface area (Å²) < 4.78 is 26.2. The van der Waals surface area contributed by atoms with Crippen LogP contribution in [0.3, 0.4) is 0 Å². The Labute approximate surface area is 162 Å². The minimum atomic E-state index is -3.33. The van der Waals surface area contributed by atoms with E-state index in [4.69, 9.17) is 0 Å². The van der Waals surface area contributed by atoms with Crippen LogP contribution < -0.4 is 10.0 Å². The van der Waals surface area contributed by atoms with Crippen molar-refractivity contribution in [1.29, 1.82) is 0 Å². The van der Waals surface area contributed by atoms with Gasteiger partial charge in [0.05, 0.1) is 12.3 Å². The highest BCUT2D eigenvalue weighted by Gasteiger charge is 2.44. The molecule has 26 heavy (non-hydrogen) atoms. The smallest absolute Gasteiger partial charge is 0.229 e. The van der Waals surface area contributed by atoms with Gasteiger partial charge in [-0.2, -0.15) is 0 Å². The SMILES string of the molecule is CC(NC(=O)C1CC1c1cccc(Br)c1)c1cccc(NS(C)(=O)=O)c1. The van der Waals surface area contributed by atoms with Crippen molar-refractivity contribution in [3.05, 3.63) is 64.1 Å². The van der Waals surface area contributed by atoms with Crippen LogP contribution in [0.2, 0.25) is 0 Å². The van der Waals surface area contributed by atoms with Gasteiger partial charge in [0.25, 0.3) is 0 Å². The molecule has 3 rings (SSSR count).